The number of nitrogens with zero attached hydrogens (tertiary/aromatic N) is 1. The highest BCUT2D eigenvalue weighted by atomic mass is 16.5. The molecule has 72 valence electrons. The molecule has 1 unspecified atom stereocenters. The molecule has 1 rings (SSSR count). The van der Waals surface area contributed by atoms with Crippen LogP contribution < -0.4 is 5.32 Å². The zero-order chi connectivity index (χ0) is 9.52. The van der Waals surface area contributed by atoms with E-state index in [0.717, 1.165) is 12.4 Å². The minimum Gasteiger partial charge on any atom is -0.380 e. The molecule has 0 saturated heterocycles. The summed E-state index contributed by atoms with van der Waals surface area (Å²) >= 11 is 0. The molecule has 0 aliphatic carbocycles. The van der Waals surface area contributed by atoms with E-state index >= 15 is 0 Å². The van der Waals surface area contributed by atoms with Crippen molar-refractivity contribution < 1.29 is 4.74 Å². The molecular weight excluding hydrogens is 164 g/mol. The van der Waals surface area contributed by atoms with E-state index in [1.807, 2.05) is 25.1 Å². The maximum Gasteiger partial charge on any atom is 0.126 e. The predicted molar refractivity (Wildman–Crippen MR) is 53.8 cm³/mol. The van der Waals surface area contributed by atoms with E-state index in [1.54, 1.807) is 6.20 Å². The molecule has 1 aromatic rings. The summed E-state index contributed by atoms with van der Waals surface area (Å²) in [7, 11) is 0. The smallest absolute Gasteiger partial charge is 0.126 e. The Kier molecular flexibility index (Phi) is 4.26. The molecule has 0 aromatic carbocycles. The third-order valence-electron chi connectivity index (χ3n) is 1.63. The first-order valence-corrected chi connectivity index (χ1v) is 4.58. The molecule has 0 fully saturated rings. The second kappa shape index (κ2) is 5.54. The highest BCUT2D eigenvalue weighted by Crippen LogP contribution is 2.02. The number of hydrogen-bond acceptors (Lipinski definition) is 3. The van der Waals surface area contributed by atoms with Crippen molar-refractivity contribution in [2.75, 3.05) is 18.5 Å². The predicted octanol–water partition coefficient (Wildman–Crippen LogP) is 1.92. The van der Waals surface area contributed by atoms with Gasteiger partial charge in [-0.15, -0.1) is 0 Å². The first kappa shape index (κ1) is 9.99. The fraction of sp³-hybridized carbons (Fsp3) is 0.500. The van der Waals surface area contributed by atoms with Gasteiger partial charge in [0, 0.05) is 18.8 Å². The van der Waals surface area contributed by atoms with E-state index in [4.69, 9.17) is 4.74 Å². The molecule has 0 bridgehead atoms. The molecule has 1 N–H and O–H groups in total. The van der Waals surface area contributed by atoms with Crippen molar-refractivity contribution in [2.24, 2.45) is 0 Å². The Morgan fingerprint density at radius 2 is 2.38 bits per heavy atom. The van der Waals surface area contributed by atoms with E-state index in [1.165, 1.54) is 0 Å². The van der Waals surface area contributed by atoms with Gasteiger partial charge in [-0.25, -0.2) is 4.98 Å². The Morgan fingerprint density at radius 3 is 3.00 bits per heavy atom. The van der Waals surface area contributed by atoms with Crippen molar-refractivity contribution in [1.82, 2.24) is 4.98 Å². The lowest BCUT2D eigenvalue weighted by molar-refractivity contribution is 0.141. The topological polar surface area (TPSA) is 34.1 Å². The normalized spacial score (nSPS) is 12.5. The number of nitrogens with one attached hydrogen (secondary N) is 1. The van der Waals surface area contributed by atoms with Gasteiger partial charge < -0.3 is 10.1 Å². The van der Waals surface area contributed by atoms with Crippen molar-refractivity contribution in [1.29, 1.82) is 0 Å². The monoisotopic (exact) mass is 180 g/mol. The van der Waals surface area contributed by atoms with Gasteiger partial charge in [0.15, 0.2) is 0 Å². The molecule has 13 heavy (non-hydrogen) atoms. The van der Waals surface area contributed by atoms with Gasteiger partial charge in [0.1, 0.15) is 5.82 Å². The molecule has 3 heteroatoms. The number of rotatable bonds is 5. The summed E-state index contributed by atoms with van der Waals surface area (Å²) in [5.41, 5.74) is 0. The number of aromatic nitrogens is 1. The van der Waals surface area contributed by atoms with Crippen molar-refractivity contribution in [3.05, 3.63) is 24.4 Å². The van der Waals surface area contributed by atoms with Crippen LogP contribution in [0, 0.1) is 0 Å². The summed E-state index contributed by atoms with van der Waals surface area (Å²) in [6.07, 6.45) is 1.77. The molecule has 0 spiro atoms. The third-order valence-corrected chi connectivity index (χ3v) is 1.63. The Bertz CT molecular complexity index is 226. The minimum absolute atomic E-state index is 0.301. The molecule has 1 heterocycles. The summed E-state index contributed by atoms with van der Waals surface area (Å²) in [6.45, 7) is 5.54. The van der Waals surface area contributed by atoms with E-state index in [-0.39, 0.29) is 0 Å². The van der Waals surface area contributed by atoms with E-state index in [0.29, 0.717) is 12.6 Å². The minimum atomic E-state index is 0.301. The number of ether oxygens (including phenoxy) is 1. The summed E-state index contributed by atoms with van der Waals surface area (Å²) in [5.74, 6) is 0.898. The van der Waals surface area contributed by atoms with Crippen molar-refractivity contribution in [2.45, 2.75) is 19.9 Å². The summed E-state index contributed by atoms with van der Waals surface area (Å²) in [5, 5.41) is 3.24. The number of hydrogen-bond donors (Lipinski definition) is 1. The zero-order valence-corrected chi connectivity index (χ0v) is 8.16. The van der Waals surface area contributed by atoms with Crippen LogP contribution in [0.2, 0.25) is 0 Å². The highest BCUT2D eigenvalue weighted by Gasteiger charge is 2.00. The zero-order valence-electron chi connectivity index (χ0n) is 8.16. The van der Waals surface area contributed by atoms with Gasteiger partial charge in [-0.1, -0.05) is 6.07 Å². The maximum absolute atomic E-state index is 5.28. The van der Waals surface area contributed by atoms with Crippen LogP contribution in [0.4, 0.5) is 5.82 Å². The maximum atomic E-state index is 5.28. The first-order valence-electron chi connectivity index (χ1n) is 4.58. The van der Waals surface area contributed by atoms with Crippen LogP contribution in [0.25, 0.3) is 0 Å². The van der Waals surface area contributed by atoms with Gasteiger partial charge in [-0.2, -0.15) is 0 Å². The van der Waals surface area contributed by atoms with Gasteiger partial charge in [0.05, 0.1) is 6.61 Å². The summed E-state index contributed by atoms with van der Waals surface area (Å²) < 4.78 is 5.28. The molecule has 0 amide bonds. The molecule has 0 radical (unpaired) electrons. The van der Waals surface area contributed by atoms with Crippen molar-refractivity contribution in [3.63, 3.8) is 0 Å². The van der Waals surface area contributed by atoms with Gasteiger partial charge in [0.2, 0.25) is 0 Å². The van der Waals surface area contributed by atoms with Gasteiger partial charge in [0.25, 0.3) is 0 Å². The number of anilines is 1. The average Bonchev–Trinajstić information content (AvgIpc) is 2.16. The Morgan fingerprint density at radius 1 is 1.54 bits per heavy atom. The summed E-state index contributed by atoms with van der Waals surface area (Å²) in [6, 6.07) is 6.11. The van der Waals surface area contributed by atoms with Crippen LogP contribution in [0.1, 0.15) is 13.8 Å². The first-order chi connectivity index (χ1) is 6.33. The molecule has 0 saturated carbocycles. The molecule has 1 aromatic heterocycles. The SMILES string of the molecule is CCOCC(C)Nc1ccccn1. The second-order valence-electron chi connectivity index (χ2n) is 2.92. The fourth-order valence-electron chi connectivity index (χ4n) is 1.04. The van der Waals surface area contributed by atoms with Crippen LogP contribution in [-0.2, 0) is 4.74 Å². The third kappa shape index (κ3) is 3.90. The van der Waals surface area contributed by atoms with E-state index in [2.05, 4.69) is 17.2 Å². The van der Waals surface area contributed by atoms with Crippen LogP contribution in [0.5, 0.6) is 0 Å². The van der Waals surface area contributed by atoms with E-state index < -0.39 is 0 Å². The summed E-state index contributed by atoms with van der Waals surface area (Å²) in [4.78, 5) is 4.16. The van der Waals surface area contributed by atoms with Crippen LogP contribution >= 0.6 is 0 Å². The average molecular weight is 180 g/mol. The van der Waals surface area contributed by atoms with Crippen LogP contribution in [0.15, 0.2) is 24.4 Å². The standard InChI is InChI=1S/C10H16N2O/c1-3-13-8-9(2)12-10-6-4-5-7-11-10/h4-7,9H,3,8H2,1-2H3,(H,11,12). The second-order valence-corrected chi connectivity index (χ2v) is 2.92. The largest absolute Gasteiger partial charge is 0.380 e. The lowest BCUT2D eigenvalue weighted by Gasteiger charge is -2.13. The van der Waals surface area contributed by atoms with Gasteiger partial charge in [-0.3, -0.25) is 0 Å². The molecule has 1 atom stereocenters. The molecule has 0 aliphatic heterocycles. The lowest BCUT2D eigenvalue weighted by atomic mass is 10.3. The van der Waals surface area contributed by atoms with Crippen molar-refractivity contribution in [3.8, 4) is 0 Å². The van der Waals surface area contributed by atoms with Gasteiger partial charge >= 0.3 is 0 Å². The Hall–Kier alpha value is -1.09. The van der Waals surface area contributed by atoms with Crippen LogP contribution in [0.3, 0.4) is 0 Å². The molecule has 0 aliphatic rings. The highest BCUT2D eigenvalue weighted by molar-refractivity contribution is 5.34. The fourth-order valence-corrected chi connectivity index (χ4v) is 1.04. The quantitative estimate of drug-likeness (QED) is 0.751. The Balaban J connectivity index is 2.32. The van der Waals surface area contributed by atoms with Crippen molar-refractivity contribution >= 4 is 5.82 Å². The van der Waals surface area contributed by atoms with E-state index in [9.17, 15) is 0 Å². The lowest BCUT2D eigenvalue weighted by Crippen LogP contribution is -2.22. The van der Waals surface area contributed by atoms with Crippen LogP contribution in [-0.4, -0.2) is 24.2 Å². The molecule has 3 nitrogen and oxygen atoms in total. The number of pyridine rings is 1. The Labute approximate surface area is 79.1 Å². The van der Waals surface area contributed by atoms with Gasteiger partial charge in [-0.05, 0) is 26.0 Å². The molecular formula is C10H16N2O.